The fraction of sp³-hybridized carbons (Fsp3) is 0.500. The lowest BCUT2D eigenvalue weighted by Crippen LogP contribution is -2.54. The Balaban J connectivity index is 1.26. The van der Waals surface area contributed by atoms with E-state index < -0.39 is 5.60 Å². The molecule has 35 heavy (non-hydrogen) atoms. The molecule has 0 bridgehead atoms. The van der Waals surface area contributed by atoms with Crippen molar-refractivity contribution in [1.82, 2.24) is 10.2 Å². The van der Waals surface area contributed by atoms with Gasteiger partial charge < -0.3 is 15.3 Å². The van der Waals surface area contributed by atoms with Crippen molar-refractivity contribution in [2.75, 3.05) is 44.2 Å². The van der Waals surface area contributed by atoms with E-state index >= 15 is 0 Å². The van der Waals surface area contributed by atoms with Crippen LogP contribution in [0.1, 0.15) is 44.6 Å². The van der Waals surface area contributed by atoms with Gasteiger partial charge in [0.25, 0.3) is 5.91 Å². The van der Waals surface area contributed by atoms with Gasteiger partial charge in [-0.25, -0.2) is 0 Å². The summed E-state index contributed by atoms with van der Waals surface area (Å²) in [6, 6.07) is 8.80. The number of hydrogen-bond donors (Lipinski definition) is 2. The van der Waals surface area contributed by atoms with E-state index in [4.69, 9.17) is 0 Å². The first-order chi connectivity index (χ1) is 17.1. The van der Waals surface area contributed by atoms with Gasteiger partial charge in [-0.1, -0.05) is 74.1 Å². The van der Waals surface area contributed by atoms with Gasteiger partial charge in [0.15, 0.2) is 5.60 Å². The van der Waals surface area contributed by atoms with Gasteiger partial charge in [0.2, 0.25) is 0 Å². The average molecular weight is 476 g/mol. The maximum Gasteiger partial charge on any atom is 0.256 e. The van der Waals surface area contributed by atoms with Crippen LogP contribution in [0.25, 0.3) is 0 Å². The molecule has 1 aliphatic heterocycles. The minimum absolute atomic E-state index is 0.228. The second kappa shape index (κ2) is 12.4. The maximum absolute atomic E-state index is 13.3. The third-order valence-electron chi connectivity index (χ3n) is 7.53. The van der Waals surface area contributed by atoms with Crippen LogP contribution < -0.4 is 10.2 Å². The van der Waals surface area contributed by atoms with Crippen molar-refractivity contribution in [2.45, 2.75) is 51.0 Å². The van der Waals surface area contributed by atoms with Crippen LogP contribution in [-0.4, -0.2) is 60.8 Å². The van der Waals surface area contributed by atoms with Gasteiger partial charge in [-0.05, 0) is 55.9 Å². The molecule has 5 nitrogen and oxygen atoms in total. The molecule has 2 aliphatic carbocycles. The molecule has 3 aliphatic rings. The molecule has 0 saturated carbocycles. The molecular weight excluding hydrogens is 434 g/mol. The summed E-state index contributed by atoms with van der Waals surface area (Å²) in [5.41, 5.74) is 2.18. The van der Waals surface area contributed by atoms with E-state index in [1.807, 2.05) is 36.5 Å². The lowest BCUT2D eigenvalue weighted by Gasteiger charge is -2.37. The summed E-state index contributed by atoms with van der Waals surface area (Å²) in [5, 5.41) is 14.7. The smallest absolute Gasteiger partial charge is 0.256 e. The number of carbonyl (C=O) groups excluding carboxylic acids is 1. The number of aryl methyl sites for hydroxylation is 1. The number of para-hydroxylation sites is 1. The Morgan fingerprint density at radius 3 is 2.66 bits per heavy atom. The van der Waals surface area contributed by atoms with E-state index in [-0.39, 0.29) is 11.8 Å². The van der Waals surface area contributed by atoms with Crippen LogP contribution in [0.4, 0.5) is 5.69 Å². The molecular formula is C30H41N3O2. The minimum atomic E-state index is -1.48. The fourth-order valence-electron chi connectivity index (χ4n) is 5.51. The van der Waals surface area contributed by atoms with Crippen molar-refractivity contribution in [1.29, 1.82) is 0 Å². The average Bonchev–Trinajstić information content (AvgIpc) is 2.92. The third kappa shape index (κ3) is 6.14. The molecule has 1 aromatic rings. The number of carbonyl (C=O) groups is 1. The van der Waals surface area contributed by atoms with Gasteiger partial charge in [0.05, 0.1) is 0 Å². The van der Waals surface area contributed by atoms with E-state index in [1.165, 1.54) is 17.7 Å². The molecule has 2 N–H and O–H groups in total. The van der Waals surface area contributed by atoms with E-state index in [0.717, 1.165) is 64.0 Å². The Morgan fingerprint density at radius 1 is 1.11 bits per heavy atom. The van der Waals surface area contributed by atoms with Crippen molar-refractivity contribution in [3.63, 3.8) is 0 Å². The molecule has 0 spiro atoms. The molecule has 5 heteroatoms. The number of nitrogens with zero attached hydrogens (tertiary/aromatic N) is 2. The van der Waals surface area contributed by atoms with Crippen molar-refractivity contribution < 1.29 is 9.90 Å². The maximum atomic E-state index is 13.3. The minimum Gasteiger partial charge on any atom is -0.375 e. The number of benzene rings is 1. The van der Waals surface area contributed by atoms with Crippen molar-refractivity contribution in [3.05, 3.63) is 77.9 Å². The number of nitrogens with one attached hydrogen (secondary N) is 1. The number of rotatable bonds is 10. The van der Waals surface area contributed by atoms with Crippen LogP contribution in [-0.2, 0) is 11.2 Å². The summed E-state index contributed by atoms with van der Waals surface area (Å²) in [6.07, 6.45) is 19.3. The van der Waals surface area contributed by atoms with E-state index in [9.17, 15) is 9.90 Å². The number of hydrogen-bond acceptors (Lipinski definition) is 4. The Morgan fingerprint density at radius 2 is 1.94 bits per heavy atom. The van der Waals surface area contributed by atoms with E-state index in [1.54, 1.807) is 0 Å². The monoisotopic (exact) mass is 475 g/mol. The van der Waals surface area contributed by atoms with Crippen LogP contribution in [0, 0.1) is 5.92 Å². The molecule has 188 valence electrons. The lowest BCUT2D eigenvalue weighted by molar-refractivity contribution is -0.139. The zero-order valence-corrected chi connectivity index (χ0v) is 21.2. The lowest BCUT2D eigenvalue weighted by atomic mass is 9.74. The van der Waals surface area contributed by atoms with Gasteiger partial charge >= 0.3 is 0 Å². The van der Waals surface area contributed by atoms with Crippen LogP contribution in [0.3, 0.4) is 0 Å². The zero-order valence-electron chi connectivity index (χ0n) is 21.2. The SMILES string of the molecule is CCCc1ccccc1N1CCN(CCCNC(=O)C(O)(C2=CC=CCC2)C2C=CC=CC2)CC1. The summed E-state index contributed by atoms with van der Waals surface area (Å²) >= 11 is 0. The Kier molecular flexibility index (Phi) is 9.00. The molecule has 1 aromatic carbocycles. The second-order valence-electron chi connectivity index (χ2n) is 9.90. The highest BCUT2D eigenvalue weighted by Crippen LogP contribution is 2.36. The van der Waals surface area contributed by atoms with Gasteiger partial charge in [-0.15, -0.1) is 0 Å². The quantitative estimate of drug-likeness (QED) is 0.493. The first kappa shape index (κ1) is 25.5. The first-order valence-corrected chi connectivity index (χ1v) is 13.4. The summed E-state index contributed by atoms with van der Waals surface area (Å²) < 4.78 is 0. The molecule has 1 amide bonds. The summed E-state index contributed by atoms with van der Waals surface area (Å²) in [7, 11) is 0. The van der Waals surface area contributed by atoms with Gasteiger partial charge in [0.1, 0.15) is 0 Å². The summed E-state index contributed by atoms with van der Waals surface area (Å²) in [6.45, 7) is 7.93. The third-order valence-corrected chi connectivity index (χ3v) is 7.53. The van der Waals surface area contributed by atoms with Gasteiger partial charge in [-0.3, -0.25) is 9.69 Å². The standard InChI is InChI=1S/C30H41N3O2/c1-2-12-25-13-9-10-18-28(25)33-23-21-32(22-24-33)20-11-19-31-29(34)30(35,26-14-5-3-6-15-26)27-16-7-4-8-17-27/h3-7,9-10,13-14,16,18,26,35H,2,8,11-12,15,17,19-24H2,1H3,(H,31,34). The second-order valence-corrected chi connectivity index (χ2v) is 9.90. The molecule has 0 radical (unpaired) electrons. The Labute approximate surface area is 210 Å². The molecule has 1 heterocycles. The summed E-state index contributed by atoms with van der Waals surface area (Å²) in [5.74, 6) is -0.490. The van der Waals surface area contributed by atoms with E-state index in [0.29, 0.717) is 13.0 Å². The first-order valence-electron chi connectivity index (χ1n) is 13.4. The highest BCUT2D eigenvalue weighted by Gasteiger charge is 2.45. The van der Waals surface area contributed by atoms with Crippen LogP contribution in [0.15, 0.2) is 72.4 Å². The topological polar surface area (TPSA) is 55.8 Å². The van der Waals surface area contributed by atoms with Gasteiger partial charge in [-0.2, -0.15) is 0 Å². The summed E-state index contributed by atoms with van der Waals surface area (Å²) in [4.78, 5) is 18.3. The molecule has 4 rings (SSSR count). The van der Waals surface area contributed by atoms with Crippen molar-refractivity contribution >= 4 is 11.6 Å². The highest BCUT2D eigenvalue weighted by molar-refractivity contribution is 5.89. The molecule has 1 saturated heterocycles. The van der Waals surface area contributed by atoms with Crippen molar-refractivity contribution in [2.24, 2.45) is 5.92 Å². The number of amides is 1. The zero-order chi connectivity index (χ0) is 24.5. The number of anilines is 1. The number of aliphatic hydroxyl groups is 1. The van der Waals surface area contributed by atoms with E-state index in [2.05, 4.69) is 52.4 Å². The molecule has 0 aromatic heterocycles. The predicted molar refractivity (Wildman–Crippen MR) is 145 cm³/mol. The largest absolute Gasteiger partial charge is 0.375 e. The van der Waals surface area contributed by atoms with Crippen molar-refractivity contribution in [3.8, 4) is 0 Å². The molecule has 1 fully saturated rings. The van der Waals surface area contributed by atoms with Gasteiger partial charge in [0, 0.05) is 44.3 Å². The van der Waals surface area contributed by atoms with Crippen LogP contribution in [0.2, 0.25) is 0 Å². The number of allylic oxidation sites excluding steroid dienone is 6. The number of piperazine rings is 1. The normalized spacial score (nSPS) is 22.1. The predicted octanol–water partition coefficient (Wildman–Crippen LogP) is 4.41. The fourth-order valence-corrected chi connectivity index (χ4v) is 5.51. The molecule has 2 atom stereocenters. The molecule has 2 unspecified atom stereocenters. The Hall–Kier alpha value is -2.63. The Bertz CT molecular complexity index is 972. The highest BCUT2D eigenvalue weighted by atomic mass is 16.3. The van der Waals surface area contributed by atoms with Crippen LogP contribution in [0.5, 0.6) is 0 Å². The van der Waals surface area contributed by atoms with Crippen LogP contribution >= 0.6 is 0 Å².